The molecule has 1 fully saturated rings. The lowest BCUT2D eigenvalue weighted by Crippen LogP contribution is -2.30. The van der Waals surface area contributed by atoms with Gasteiger partial charge in [-0.2, -0.15) is 8.42 Å². The molecule has 0 spiro atoms. The van der Waals surface area contributed by atoms with Crippen molar-refractivity contribution in [2.24, 2.45) is 0 Å². The molecule has 1 aliphatic rings. The number of rotatable bonds is 14. The molecular weight excluding hydrogens is 452 g/mol. The predicted molar refractivity (Wildman–Crippen MR) is 123 cm³/mol. The number of unbranched alkanes of at least 4 members (excludes halogenated alkanes) is 1. The molecule has 10 heteroatoms. The first-order valence-corrected chi connectivity index (χ1v) is 12.7. The summed E-state index contributed by atoms with van der Waals surface area (Å²) in [6.45, 7) is 2.78. The number of carboxylic acid groups (broad SMARTS) is 1. The third kappa shape index (κ3) is 8.62. The summed E-state index contributed by atoms with van der Waals surface area (Å²) < 4.78 is 49.7. The molecule has 9 nitrogen and oxygen atoms in total. The van der Waals surface area contributed by atoms with E-state index in [0.717, 1.165) is 12.7 Å². The number of methoxy groups -OCH3 is 2. The average molecular weight is 487 g/mol. The summed E-state index contributed by atoms with van der Waals surface area (Å²) in [5.74, 6) is -1.00. The van der Waals surface area contributed by atoms with E-state index in [2.05, 4.69) is 0 Å². The maximum atomic E-state index is 11.7. The van der Waals surface area contributed by atoms with Crippen LogP contribution in [0.25, 0.3) is 6.08 Å². The molecule has 0 unspecified atom stereocenters. The van der Waals surface area contributed by atoms with Gasteiger partial charge >= 0.3 is 5.97 Å². The van der Waals surface area contributed by atoms with Gasteiger partial charge in [0.2, 0.25) is 0 Å². The van der Waals surface area contributed by atoms with Crippen LogP contribution in [-0.2, 0) is 23.8 Å². The van der Waals surface area contributed by atoms with E-state index in [1.807, 2.05) is 6.08 Å². The monoisotopic (exact) mass is 486 g/mol. The Bertz CT molecular complexity index is 918. The van der Waals surface area contributed by atoms with E-state index in [4.69, 9.17) is 23.1 Å². The van der Waals surface area contributed by atoms with Gasteiger partial charge in [0, 0.05) is 18.9 Å². The van der Waals surface area contributed by atoms with Crippen molar-refractivity contribution in [3.63, 3.8) is 0 Å². The zero-order chi connectivity index (χ0) is 24.5. The Morgan fingerprint density at radius 3 is 2.42 bits per heavy atom. The molecule has 0 aromatic heterocycles. The highest BCUT2D eigenvalue weighted by atomic mass is 32.2. The molecule has 0 aliphatic carbocycles. The van der Waals surface area contributed by atoms with Crippen LogP contribution in [0.15, 0.2) is 18.2 Å². The van der Waals surface area contributed by atoms with Gasteiger partial charge in [-0.05, 0) is 44.2 Å². The second kappa shape index (κ2) is 12.4. The first kappa shape index (κ1) is 27.1. The number of allylic oxidation sites excluding steroid dienone is 1. The van der Waals surface area contributed by atoms with Crippen LogP contribution in [-0.4, -0.2) is 65.1 Å². The van der Waals surface area contributed by atoms with Crippen LogP contribution < -0.4 is 9.47 Å². The van der Waals surface area contributed by atoms with Gasteiger partial charge in [-0.1, -0.05) is 12.2 Å². The molecule has 186 valence electrons. The quantitative estimate of drug-likeness (QED) is 0.309. The van der Waals surface area contributed by atoms with Gasteiger partial charge < -0.3 is 24.1 Å². The number of aromatic carboxylic acids is 1. The topological polar surface area (TPSA) is 118 Å². The molecule has 0 radical (unpaired) electrons. The minimum absolute atomic E-state index is 0.0823. The summed E-state index contributed by atoms with van der Waals surface area (Å²) in [6, 6.07) is 3.20. The number of carboxylic acids is 1. The maximum absolute atomic E-state index is 11.7. The Morgan fingerprint density at radius 1 is 1.18 bits per heavy atom. The van der Waals surface area contributed by atoms with Crippen molar-refractivity contribution >= 4 is 22.2 Å². The summed E-state index contributed by atoms with van der Waals surface area (Å²) in [7, 11) is -0.539. The van der Waals surface area contributed by atoms with Crippen LogP contribution in [0.4, 0.5) is 0 Å². The normalized spacial score (nSPS) is 16.7. The smallest absolute Gasteiger partial charge is 0.340 e. The molecule has 0 bridgehead atoms. The van der Waals surface area contributed by atoms with Crippen molar-refractivity contribution in [3.05, 3.63) is 29.3 Å². The molecular formula is C23H34O9S. The van der Waals surface area contributed by atoms with E-state index in [1.54, 1.807) is 25.1 Å². The van der Waals surface area contributed by atoms with Crippen LogP contribution >= 0.6 is 0 Å². The molecule has 1 aromatic carbocycles. The molecule has 1 heterocycles. The summed E-state index contributed by atoms with van der Waals surface area (Å²) in [4.78, 5) is 11.7. The molecule has 2 rings (SSSR count). The summed E-state index contributed by atoms with van der Waals surface area (Å²) >= 11 is 0. The summed E-state index contributed by atoms with van der Waals surface area (Å²) in [6.07, 6.45) is 8.38. The lowest BCUT2D eigenvalue weighted by atomic mass is 10.00. The third-order valence-electron chi connectivity index (χ3n) is 5.32. The van der Waals surface area contributed by atoms with Gasteiger partial charge in [-0.25, -0.2) is 4.79 Å². The molecule has 1 N–H and O–H groups in total. The van der Waals surface area contributed by atoms with Crippen molar-refractivity contribution in [1.82, 2.24) is 0 Å². The molecule has 1 saturated heterocycles. The minimum Gasteiger partial charge on any atom is -0.497 e. The van der Waals surface area contributed by atoms with Crippen molar-refractivity contribution in [3.8, 4) is 11.5 Å². The first-order valence-electron chi connectivity index (χ1n) is 10.9. The second-order valence-electron chi connectivity index (χ2n) is 8.00. The number of benzene rings is 1. The van der Waals surface area contributed by atoms with Crippen molar-refractivity contribution in [2.45, 2.75) is 57.3 Å². The van der Waals surface area contributed by atoms with Gasteiger partial charge in [0.15, 0.2) is 5.79 Å². The van der Waals surface area contributed by atoms with Crippen LogP contribution in [0.5, 0.6) is 11.5 Å². The highest BCUT2D eigenvalue weighted by molar-refractivity contribution is 7.86. The van der Waals surface area contributed by atoms with Crippen LogP contribution in [0.2, 0.25) is 0 Å². The van der Waals surface area contributed by atoms with E-state index in [-0.39, 0.29) is 11.3 Å². The average Bonchev–Trinajstić information content (AvgIpc) is 3.20. The highest BCUT2D eigenvalue weighted by Crippen LogP contribution is 2.33. The van der Waals surface area contributed by atoms with E-state index >= 15 is 0 Å². The van der Waals surface area contributed by atoms with E-state index < -0.39 is 28.0 Å². The second-order valence-corrected chi connectivity index (χ2v) is 9.61. The van der Waals surface area contributed by atoms with E-state index in [1.165, 1.54) is 14.2 Å². The molecule has 1 aliphatic heterocycles. The number of hydrogen-bond acceptors (Lipinski definition) is 8. The maximum Gasteiger partial charge on any atom is 0.340 e. The number of hydrogen-bond donors (Lipinski definition) is 1. The molecule has 0 amide bonds. The summed E-state index contributed by atoms with van der Waals surface area (Å²) in [5, 5.41) is 9.58. The zero-order valence-electron chi connectivity index (χ0n) is 19.7. The van der Waals surface area contributed by atoms with E-state index in [9.17, 15) is 18.3 Å². The third-order valence-corrected chi connectivity index (χ3v) is 6.00. The largest absolute Gasteiger partial charge is 0.497 e. The van der Waals surface area contributed by atoms with Gasteiger partial charge in [-0.15, -0.1) is 0 Å². The predicted octanol–water partition coefficient (Wildman–Crippen LogP) is 3.86. The van der Waals surface area contributed by atoms with Gasteiger partial charge in [-0.3, -0.25) is 4.18 Å². The highest BCUT2D eigenvalue weighted by Gasteiger charge is 2.35. The van der Waals surface area contributed by atoms with Crippen LogP contribution in [0.1, 0.15) is 61.4 Å². The Morgan fingerprint density at radius 2 is 1.85 bits per heavy atom. The molecule has 1 aromatic rings. The fourth-order valence-corrected chi connectivity index (χ4v) is 4.56. The van der Waals surface area contributed by atoms with Crippen LogP contribution in [0, 0.1) is 0 Å². The van der Waals surface area contributed by atoms with Crippen LogP contribution in [0.3, 0.4) is 0 Å². The molecule has 33 heavy (non-hydrogen) atoms. The fraction of sp³-hybridized carbons (Fsp3) is 0.609. The first-order chi connectivity index (χ1) is 15.6. The Hall–Kier alpha value is -2.14. The standard InChI is InChI=1S/C23H34O9S/c1-17(32-33(4,26)27)9-8-12-23(30-13-14-31-23)11-7-5-6-10-18-15-19(28-2)16-20(29-3)21(18)22(24)25/h6,10,15-17H,5,7-9,11-14H2,1-4H3,(H,24,25)/b10-6+/t17-/m0/s1. The van der Waals surface area contributed by atoms with Crippen molar-refractivity contribution in [1.29, 1.82) is 0 Å². The summed E-state index contributed by atoms with van der Waals surface area (Å²) in [5.41, 5.74) is 0.584. The van der Waals surface area contributed by atoms with Crippen molar-refractivity contribution < 1.29 is 41.4 Å². The number of carbonyl (C=O) groups is 1. The molecule has 0 saturated carbocycles. The SMILES string of the molecule is COc1cc(/C=C/CCCC2(CCC[C@H](C)OS(C)(=O)=O)OCCO2)c(C(=O)O)c(OC)c1. The Kier molecular flexibility index (Phi) is 10.2. The van der Waals surface area contributed by atoms with Gasteiger partial charge in [0.25, 0.3) is 10.1 Å². The van der Waals surface area contributed by atoms with Gasteiger partial charge in [0.1, 0.15) is 17.1 Å². The van der Waals surface area contributed by atoms with Crippen molar-refractivity contribution in [2.75, 3.05) is 33.7 Å². The minimum atomic E-state index is -3.47. The lowest BCUT2D eigenvalue weighted by molar-refractivity contribution is -0.168. The van der Waals surface area contributed by atoms with E-state index in [0.29, 0.717) is 56.6 Å². The molecule has 1 atom stereocenters. The number of ether oxygens (including phenoxy) is 4. The zero-order valence-corrected chi connectivity index (χ0v) is 20.5. The Labute approximate surface area is 195 Å². The van der Waals surface area contributed by atoms with Gasteiger partial charge in [0.05, 0.1) is 39.8 Å². The lowest BCUT2D eigenvalue weighted by Gasteiger charge is -2.27. The fourth-order valence-electron chi connectivity index (χ4n) is 3.87. The Balaban J connectivity index is 1.93.